The highest BCUT2D eigenvalue weighted by Gasteiger charge is 2.20. The summed E-state index contributed by atoms with van der Waals surface area (Å²) in [5, 5.41) is 5.14. The second kappa shape index (κ2) is 7.65. The van der Waals surface area contributed by atoms with Crippen molar-refractivity contribution in [3.8, 4) is 0 Å². The lowest BCUT2D eigenvalue weighted by molar-refractivity contribution is 0.177. The highest BCUT2D eigenvalue weighted by atomic mass is 35.5. The molecule has 1 unspecified atom stereocenters. The Morgan fingerprint density at radius 1 is 1.25 bits per heavy atom. The largest absolute Gasteiger partial charge is 0.313 e. The number of halogens is 2. The molecule has 112 valence electrons. The summed E-state index contributed by atoms with van der Waals surface area (Å²) in [6, 6.07) is 6.80. The highest BCUT2D eigenvalue weighted by molar-refractivity contribution is 6.35. The van der Waals surface area contributed by atoms with Crippen molar-refractivity contribution in [1.29, 1.82) is 0 Å². The number of rotatable bonds is 5. The maximum atomic E-state index is 6.29. The van der Waals surface area contributed by atoms with E-state index in [1.807, 2.05) is 18.2 Å². The first-order chi connectivity index (χ1) is 9.58. The Hall–Kier alpha value is -0.280. The molecular weight excluding hydrogens is 291 g/mol. The molecule has 1 heterocycles. The summed E-state index contributed by atoms with van der Waals surface area (Å²) >= 11 is 12.6. The number of benzene rings is 1. The van der Waals surface area contributed by atoms with Crippen LogP contribution in [0.2, 0.25) is 10.0 Å². The number of nitrogens with zero attached hydrogens (tertiary/aromatic N) is 1. The average molecular weight is 315 g/mol. The summed E-state index contributed by atoms with van der Waals surface area (Å²) in [4.78, 5) is 2.45. The zero-order valence-corrected chi connectivity index (χ0v) is 13.8. The van der Waals surface area contributed by atoms with Crippen molar-refractivity contribution >= 4 is 23.2 Å². The van der Waals surface area contributed by atoms with Gasteiger partial charge in [-0.1, -0.05) is 35.7 Å². The molecule has 1 aliphatic heterocycles. The van der Waals surface area contributed by atoms with Gasteiger partial charge in [0.1, 0.15) is 0 Å². The zero-order chi connectivity index (χ0) is 14.5. The molecule has 2 rings (SSSR count). The first-order valence-electron chi connectivity index (χ1n) is 7.48. The maximum Gasteiger partial charge on any atom is 0.0465 e. The summed E-state index contributed by atoms with van der Waals surface area (Å²) in [7, 11) is 0. The smallest absolute Gasteiger partial charge is 0.0465 e. The van der Waals surface area contributed by atoms with Crippen LogP contribution in [0.3, 0.4) is 0 Å². The van der Waals surface area contributed by atoms with Crippen LogP contribution in [0.15, 0.2) is 18.2 Å². The van der Waals surface area contributed by atoms with Crippen LogP contribution < -0.4 is 5.32 Å². The van der Waals surface area contributed by atoms with E-state index < -0.39 is 0 Å². The highest BCUT2D eigenvalue weighted by Crippen LogP contribution is 2.26. The Morgan fingerprint density at radius 2 is 1.95 bits per heavy atom. The summed E-state index contributed by atoms with van der Waals surface area (Å²) in [6.45, 7) is 7.47. The maximum absolute atomic E-state index is 6.29. The first-order valence-corrected chi connectivity index (χ1v) is 8.24. The number of piperidine rings is 1. The van der Waals surface area contributed by atoms with Gasteiger partial charge in [0.2, 0.25) is 0 Å². The summed E-state index contributed by atoms with van der Waals surface area (Å²) in [5.74, 6) is 0. The van der Waals surface area contributed by atoms with Gasteiger partial charge >= 0.3 is 0 Å². The van der Waals surface area contributed by atoms with Crippen LogP contribution in [0.1, 0.15) is 38.7 Å². The third-order valence-corrected chi connectivity index (χ3v) is 4.73. The van der Waals surface area contributed by atoms with Crippen LogP contribution in [0, 0.1) is 0 Å². The Morgan fingerprint density at radius 3 is 2.50 bits per heavy atom. The van der Waals surface area contributed by atoms with Crippen molar-refractivity contribution in [2.24, 2.45) is 0 Å². The fourth-order valence-electron chi connectivity index (χ4n) is 2.71. The molecular formula is C16H24Cl2N2. The average Bonchev–Trinajstić information content (AvgIpc) is 2.42. The Labute approximate surface area is 132 Å². The lowest BCUT2D eigenvalue weighted by atomic mass is 10.0. The lowest BCUT2D eigenvalue weighted by Gasteiger charge is -2.33. The van der Waals surface area contributed by atoms with Crippen molar-refractivity contribution in [2.75, 3.05) is 13.1 Å². The van der Waals surface area contributed by atoms with Crippen LogP contribution in [-0.2, 0) is 6.54 Å². The van der Waals surface area contributed by atoms with E-state index in [9.17, 15) is 0 Å². The molecule has 20 heavy (non-hydrogen) atoms. The van der Waals surface area contributed by atoms with Crippen molar-refractivity contribution in [3.63, 3.8) is 0 Å². The molecule has 2 nitrogen and oxygen atoms in total. The van der Waals surface area contributed by atoms with Gasteiger partial charge < -0.3 is 5.32 Å². The Bertz CT molecular complexity index is 408. The molecule has 1 aromatic carbocycles. The van der Waals surface area contributed by atoms with Crippen LogP contribution in [0.4, 0.5) is 0 Å². The van der Waals surface area contributed by atoms with Crippen LogP contribution in [-0.4, -0.2) is 30.1 Å². The van der Waals surface area contributed by atoms with Crippen molar-refractivity contribution in [1.82, 2.24) is 10.2 Å². The molecule has 0 amide bonds. The van der Waals surface area contributed by atoms with E-state index in [4.69, 9.17) is 23.2 Å². The molecule has 1 fully saturated rings. The second-order valence-corrected chi connectivity index (χ2v) is 6.68. The van der Waals surface area contributed by atoms with E-state index in [0.717, 1.165) is 35.2 Å². The van der Waals surface area contributed by atoms with E-state index in [-0.39, 0.29) is 0 Å². The van der Waals surface area contributed by atoms with Gasteiger partial charge in [0.25, 0.3) is 0 Å². The third kappa shape index (κ3) is 4.36. The van der Waals surface area contributed by atoms with E-state index >= 15 is 0 Å². The van der Waals surface area contributed by atoms with Crippen LogP contribution >= 0.6 is 23.2 Å². The fraction of sp³-hybridized carbons (Fsp3) is 0.625. The van der Waals surface area contributed by atoms with Gasteiger partial charge in [-0.3, -0.25) is 4.90 Å². The van der Waals surface area contributed by atoms with Gasteiger partial charge in [-0.2, -0.15) is 0 Å². The van der Waals surface area contributed by atoms with E-state index in [1.54, 1.807) is 0 Å². The van der Waals surface area contributed by atoms with Crippen LogP contribution in [0.5, 0.6) is 0 Å². The van der Waals surface area contributed by atoms with Gasteiger partial charge in [-0.05, 0) is 45.4 Å². The predicted octanol–water partition coefficient (Wildman–Crippen LogP) is 4.35. The Kier molecular flexibility index (Phi) is 6.16. The molecule has 1 aromatic rings. The summed E-state index contributed by atoms with van der Waals surface area (Å²) in [6.07, 6.45) is 3.89. The normalized spacial score (nSPS) is 19.8. The van der Waals surface area contributed by atoms with Crippen molar-refractivity contribution in [3.05, 3.63) is 33.8 Å². The molecule has 0 bridgehead atoms. The molecule has 0 aromatic heterocycles. The third-order valence-electron chi connectivity index (χ3n) is 4.02. The molecule has 1 atom stereocenters. The van der Waals surface area contributed by atoms with Crippen molar-refractivity contribution in [2.45, 2.75) is 51.7 Å². The minimum Gasteiger partial charge on any atom is -0.313 e. The second-order valence-electron chi connectivity index (χ2n) is 5.87. The van der Waals surface area contributed by atoms with E-state index in [0.29, 0.717) is 12.1 Å². The summed E-state index contributed by atoms with van der Waals surface area (Å²) < 4.78 is 0. The Balaban J connectivity index is 2.05. The minimum absolute atomic E-state index is 0.478. The zero-order valence-electron chi connectivity index (χ0n) is 12.3. The summed E-state index contributed by atoms with van der Waals surface area (Å²) in [5.41, 5.74) is 1.04. The monoisotopic (exact) mass is 314 g/mol. The first kappa shape index (κ1) is 16.1. The topological polar surface area (TPSA) is 15.3 Å². The molecule has 4 heteroatoms. The van der Waals surface area contributed by atoms with Gasteiger partial charge in [-0.25, -0.2) is 0 Å². The van der Waals surface area contributed by atoms with Gasteiger partial charge in [0.15, 0.2) is 0 Å². The number of hydrogen-bond donors (Lipinski definition) is 1. The molecule has 0 radical (unpaired) electrons. The minimum atomic E-state index is 0.478. The van der Waals surface area contributed by atoms with Gasteiger partial charge in [0, 0.05) is 40.8 Å². The van der Waals surface area contributed by atoms with E-state index in [1.165, 1.54) is 19.3 Å². The van der Waals surface area contributed by atoms with Crippen LogP contribution in [0.25, 0.3) is 0 Å². The van der Waals surface area contributed by atoms with Crippen molar-refractivity contribution < 1.29 is 0 Å². The quantitative estimate of drug-likeness (QED) is 0.869. The number of nitrogens with one attached hydrogen (secondary N) is 1. The number of hydrogen-bond acceptors (Lipinski definition) is 2. The molecule has 0 aliphatic carbocycles. The lowest BCUT2D eigenvalue weighted by Crippen LogP contribution is -2.45. The fourth-order valence-corrected chi connectivity index (χ4v) is 3.22. The van der Waals surface area contributed by atoms with E-state index in [2.05, 4.69) is 24.1 Å². The predicted molar refractivity (Wildman–Crippen MR) is 87.6 cm³/mol. The molecule has 1 aliphatic rings. The standard InChI is InChI=1S/C16H24Cl2N2/c1-12(2)20(10-13-6-3-4-9-19-13)11-14-15(17)7-5-8-16(14)18/h5,7-8,12-13,19H,3-4,6,9-11H2,1-2H3. The van der Waals surface area contributed by atoms with Gasteiger partial charge in [0.05, 0.1) is 0 Å². The molecule has 0 saturated carbocycles. The SMILES string of the molecule is CC(C)N(Cc1c(Cl)cccc1Cl)CC1CCCCN1. The molecule has 0 spiro atoms. The molecule has 1 N–H and O–H groups in total. The molecule has 1 saturated heterocycles. The van der Waals surface area contributed by atoms with Gasteiger partial charge in [-0.15, -0.1) is 0 Å².